The van der Waals surface area contributed by atoms with E-state index in [1.54, 1.807) is 6.07 Å². The molecule has 1 aliphatic carbocycles. The first-order valence-electron chi connectivity index (χ1n) is 18.9. The highest BCUT2D eigenvalue weighted by molar-refractivity contribution is 7.23. The Morgan fingerprint density at radius 1 is 1.03 bits per heavy atom. The second-order valence-corrected chi connectivity index (χ2v) is 17.0. The summed E-state index contributed by atoms with van der Waals surface area (Å²) in [5.41, 5.74) is 4.61. The lowest BCUT2D eigenvalue weighted by atomic mass is 9.89. The average molecular weight is 885 g/mol. The summed E-state index contributed by atoms with van der Waals surface area (Å²) in [5.74, 6) is -8.67. The predicted molar refractivity (Wildman–Crippen MR) is 200 cm³/mol. The zero-order valence-corrected chi connectivity index (χ0v) is 32.2. The largest absolute Gasteiger partial charge is 0.490 e. The summed E-state index contributed by atoms with van der Waals surface area (Å²) < 4.78 is 177. The number of aromatic nitrogens is 3. The number of nitrogens with zero attached hydrogens (tertiary/aromatic N) is 6. The van der Waals surface area contributed by atoms with Crippen molar-refractivity contribution < 1.29 is 57.8 Å². The number of benzene rings is 2. The van der Waals surface area contributed by atoms with Crippen molar-refractivity contribution >= 4 is 49.0 Å². The Morgan fingerprint density at radius 3 is 2.48 bits per heavy atom. The zero-order chi connectivity index (χ0) is 43.6. The maximum atomic E-state index is 17.6. The molecule has 0 unspecified atom stereocenters. The van der Waals surface area contributed by atoms with Crippen molar-refractivity contribution in [3.63, 3.8) is 0 Å². The molecule has 9 rings (SSSR count). The molecule has 0 radical (unpaired) electrons. The predicted octanol–water partition coefficient (Wildman–Crippen LogP) is 9.30. The topological polar surface area (TPSA) is 139 Å². The minimum Gasteiger partial charge on any atom is -0.490 e. The number of alkyl halides is 8. The molecule has 2 saturated heterocycles. The molecule has 6 heterocycles. The van der Waals surface area contributed by atoms with E-state index in [1.807, 2.05) is 4.90 Å². The van der Waals surface area contributed by atoms with Crippen LogP contribution in [0.2, 0.25) is 0 Å². The number of halogens is 11. The van der Waals surface area contributed by atoms with Gasteiger partial charge in [0.05, 0.1) is 45.4 Å². The number of thiophene rings is 1. The van der Waals surface area contributed by atoms with Crippen LogP contribution in [0.1, 0.15) is 61.3 Å². The first-order valence-corrected chi connectivity index (χ1v) is 19.7. The van der Waals surface area contributed by atoms with Crippen LogP contribution in [0.15, 0.2) is 24.4 Å². The van der Waals surface area contributed by atoms with Gasteiger partial charge in [-0.05, 0) is 49.9 Å². The lowest BCUT2D eigenvalue weighted by Crippen LogP contribution is -2.43. The Labute approximate surface area is 341 Å². The fraction of sp³-hybridized carbons (Fsp3) is 0.436. The van der Waals surface area contributed by atoms with Gasteiger partial charge in [-0.3, -0.25) is 4.90 Å². The molecule has 2 aromatic carbocycles. The highest BCUT2D eigenvalue weighted by Gasteiger charge is 2.77. The number of nitriles is 1. The molecule has 4 aliphatic rings. The van der Waals surface area contributed by atoms with Crippen LogP contribution >= 0.6 is 11.3 Å². The number of anilines is 3. The minimum absolute atomic E-state index is 0.0297. The molecule has 22 heteroatoms. The molecule has 5 aromatic rings. The summed E-state index contributed by atoms with van der Waals surface area (Å²) in [4.78, 5) is 15.3. The average Bonchev–Trinajstić information content (AvgIpc) is 3.42. The van der Waals surface area contributed by atoms with Gasteiger partial charge in [-0.15, -0.1) is 11.3 Å². The number of pyridine rings is 1. The lowest BCUT2D eigenvalue weighted by molar-refractivity contribution is -0.138. The van der Waals surface area contributed by atoms with Crippen molar-refractivity contribution in [2.45, 2.75) is 68.4 Å². The van der Waals surface area contributed by atoms with E-state index in [1.165, 1.54) is 0 Å². The normalized spacial score (nSPS) is 22.7. The SMILES string of the molecule is N#Cc1c(N)sc2c(F)ccc(-c3c(C(F)(F)F)c4c5c(nc(OC[C@@]67CCCN6C[C@@]6(CC6(F)F)C7)nc5c3F)N([C@H](CCC(F)(F)F)c3cc(F)cnc3N)CCO4)c12. The van der Waals surface area contributed by atoms with Crippen LogP contribution in [0.25, 0.3) is 32.1 Å². The highest BCUT2D eigenvalue weighted by atomic mass is 32.1. The van der Waals surface area contributed by atoms with Crippen LogP contribution in [0.5, 0.6) is 11.8 Å². The lowest BCUT2D eigenvalue weighted by Gasteiger charge is -2.34. The maximum Gasteiger partial charge on any atom is 0.420 e. The van der Waals surface area contributed by atoms with E-state index in [4.69, 9.17) is 20.9 Å². The number of ether oxygens (including phenoxy) is 2. The molecule has 3 fully saturated rings. The Bertz CT molecular complexity index is 2690. The zero-order valence-electron chi connectivity index (χ0n) is 31.4. The third kappa shape index (κ3) is 6.56. The third-order valence-corrected chi connectivity index (χ3v) is 13.3. The van der Waals surface area contributed by atoms with Crippen LogP contribution in [0.3, 0.4) is 0 Å². The van der Waals surface area contributed by atoms with Gasteiger partial charge in [0, 0.05) is 35.9 Å². The number of hydrogen-bond acceptors (Lipinski definition) is 11. The van der Waals surface area contributed by atoms with Gasteiger partial charge in [0.2, 0.25) is 0 Å². The molecule has 322 valence electrons. The van der Waals surface area contributed by atoms with Crippen LogP contribution < -0.4 is 25.8 Å². The molecule has 61 heavy (non-hydrogen) atoms. The van der Waals surface area contributed by atoms with Gasteiger partial charge in [-0.2, -0.15) is 41.6 Å². The summed E-state index contributed by atoms with van der Waals surface area (Å²) in [6.07, 6.45) is -11.2. The fourth-order valence-electron chi connectivity index (χ4n) is 9.53. The molecule has 1 saturated carbocycles. The van der Waals surface area contributed by atoms with E-state index in [2.05, 4.69) is 15.0 Å². The summed E-state index contributed by atoms with van der Waals surface area (Å²) in [6.45, 7) is -1.03. The van der Waals surface area contributed by atoms with Gasteiger partial charge in [-0.25, -0.2) is 26.9 Å². The highest BCUT2D eigenvalue weighted by Crippen LogP contribution is 2.69. The Hall–Kier alpha value is -5.43. The first kappa shape index (κ1) is 40.9. The molecule has 1 spiro atoms. The van der Waals surface area contributed by atoms with Crippen molar-refractivity contribution in [2.24, 2.45) is 5.41 Å². The fourth-order valence-corrected chi connectivity index (χ4v) is 10.5. The van der Waals surface area contributed by atoms with E-state index < -0.39 is 141 Å². The van der Waals surface area contributed by atoms with Crippen LogP contribution in [0.4, 0.5) is 64.9 Å². The monoisotopic (exact) mass is 884 g/mol. The molecule has 10 nitrogen and oxygen atoms in total. The second-order valence-electron chi connectivity index (χ2n) is 15.9. The van der Waals surface area contributed by atoms with E-state index in [9.17, 15) is 31.6 Å². The third-order valence-electron chi connectivity index (χ3n) is 12.3. The van der Waals surface area contributed by atoms with E-state index >= 15 is 22.0 Å². The molecular weight excluding hydrogens is 854 g/mol. The van der Waals surface area contributed by atoms with Gasteiger partial charge >= 0.3 is 18.4 Å². The molecule has 3 aromatic heterocycles. The van der Waals surface area contributed by atoms with Crippen LogP contribution in [0, 0.1) is 34.2 Å². The standard InChI is InChI=1S/C39H31F11N8O2S/c40-17-10-19(31(52)54-12-17)22(4-6-38(45,46)47)58-8-9-59-29-25-28(55-34(56-33(25)58)60-16-36-5-1-7-57(36)15-35(13-36)14-37(35,43)44)27(42)24(26(29)39(48,49)50)18-2-3-21(41)30-23(18)20(11-51)32(53)61-30/h2-3,10,12,22H,1,4-9,13-16,53H2,(H2,52,54)/t22-,35+,36+/m1/s1. The molecule has 0 amide bonds. The van der Waals surface area contributed by atoms with Gasteiger partial charge < -0.3 is 25.8 Å². The molecular formula is C39H31F11N8O2S. The smallest absolute Gasteiger partial charge is 0.420 e. The quantitative estimate of drug-likeness (QED) is 0.145. The number of nitrogens with two attached hydrogens (primary N) is 2. The molecule has 4 N–H and O–H groups in total. The van der Waals surface area contributed by atoms with E-state index in [-0.39, 0.29) is 41.3 Å². The van der Waals surface area contributed by atoms with Gasteiger partial charge in [0.25, 0.3) is 5.92 Å². The van der Waals surface area contributed by atoms with Crippen molar-refractivity contribution in [1.29, 1.82) is 5.26 Å². The van der Waals surface area contributed by atoms with Crippen molar-refractivity contribution in [1.82, 2.24) is 19.9 Å². The summed E-state index contributed by atoms with van der Waals surface area (Å²) in [6, 6.07) is 1.85. The molecule has 3 aliphatic heterocycles. The van der Waals surface area contributed by atoms with E-state index in [0.717, 1.165) is 23.1 Å². The maximum absolute atomic E-state index is 17.6. The van der Waals surface area contributed by atoms with Crippen molar-refractivity contribution in [3.8, 4) is 29.0 Å². The molecule has 3 atom stereocenters. The van der Waals surface area contributed by atoms with Gasteiger partial charge in [0.1, 0.15) is 64.4 Å². The van der Waals surface area contributed by atoms with Crippen LogP contribution in [-0.4, -0.2) is 70.3 Å². The number of nitrogen functional groups attached to an aromatic ring is 2. The minimum atomic E-state index is -5.47. The van der Waals surface area contributed by atoms with Gasteiger partial charge in [-0.1, -0.05) is 6.07 Å². The van der Waals surface area contributed by atoms with Crippen molar-refractivity contribution in [2.75, 3.05) is 49.2 Å². The summed E-state index contributed by atoms with van der Waals surface area (Å²) in [7, 11) is 0. The first-order chi connectivity index (χ1) is 28.7. The second kappa shape index (κ2) is 13.8. The number of fused-ring (bicyclic) bond motifs is 2. The Balaban J connectivity index is 1.30. The van der Waals surface area contributed by atoms with Gasteiger partial charge in [0.15, 0.2) is 5.82 Å². The Kier molecular flexibility index (Phi) is 9.26. The number of rotatable bonds is 8. The Morgan fingerprint density at radius 2 is 1.79 bits per heavy atom. The summed E-state index contributed by atoms with van der Waals surface area (Å²) in [5, 5.41) is 8.50. The van der Waals surface area contributed by atoms with Crippen LogP contribution in [-0.2, 0) is 6.18 Å². The molecule has 0 bridgehead atoms. The van der Waals surface area contributed by atoms with Crippen molar-refractivity contribution in [3.05, 3.63) is 58.5 Å². The number of hydrogen-bond donors (Lipinski definition) is 2. The van der Waals surface area contributed by atoms with E-state index in [0.29, 0.717) is 36.9 Å². The summed E-state index contributed by atoms with van der Waals surface area (Å²) >= 11 is 0.550.